The van der Waals surface area contributed by atoms with Crippen LogP contribution in [0, 0.1) is 18.8 Å². The summed E-state index contributed by atoms with van der Waals surface area (Å²) in [6.07, 6.45) is 6.38. The van der Waals surface area contributed by atoms with Gasteiger partial charge in [-0.3, -0.25) is 0 Å². The van der Waals surface area contributed by atoms with Crippen molar-refractivity contribution in [3.63, 3.8) is 0 Å². The molecule has 2 aliphatic rings. The third-order valence-electron chi connectivity index (χ3n) is 5.27. The molecular formula is C20H30N2O3. The Labute approximate surface area is 150 Å². The van der Waals surface area contributed by atoms with Gasteiger partial charge in [0.15, 0.2) is 0 Å². The van der Waals surface area contributed by atoms with E-state index in [2.05, 4.69) is 23.6 Å². The largest absolute Gasteiger partial charge is 0.493 e. The number of aryl methyl sites for hydroxylation is 1. The maximum atomic E-state index is 12.2. The fourth-order valence-electron chi connectivity index (χ4n) is 3.34. The van der Waals surface area contributed by atoms with E-state index < -0.39 is 0 Å². The molecule has 0 spiro atoms. The third kappa shape index (κ3) is 5.63. The van der Waals surface area contributed by atoms with Crippen LogP contribution in [0.5, 0.6) is 5.75 Å². The van der Waals surface area contributed by atoms with Crippen LogP contribution in [0.1, 0.15) is 49.7 Å². The van der Waals surface area contributed by atoms with Gasteiger partial charge < -0.3 is 20.5 Å². The predicted octanol–water partition coefficient (Wildman–Crippen LogP) is 3.13. The van der Waals surface area contributed by atoms with Gasteiger partial charge in [0.05, 0.1) is 6.61 Å². The highest BCUT2D eigenvalue weighted by atomic mass is 16.5. The molecular weight excluding hydrogens is 316 g/mol. The molecule has 3 rings (SSSR count). The maximum absolute atomic E-state index is 12.2. The first-order valence-electron chi connectivity index (χ1n) is 9.51. The Hall–Kier alpha value is -1.75. The van der Waals surface area contributed by atoms with E-state index in [1.165, 1.54) is 18.4 Å². The van der Waals surface area contributed by atoms with E-state index in [1.807, 2.05) is 12.1 Å². The van der Waals surface area contributed by atoms with Crippen LogP contribution < -0.4 is 15.4 Å². The lowest BCUT2D eigenvalue weighted by atomic mass is 9.87. The van der Waals surface area contributed by atoms with Crippen molar-refractivity contribution in [2.75, 3.05) is 13.2 Å². The molecule has 0 unspecified atom stereocenters. The molecule has 0 heterocycles. The number of aliphatic hydroxyl groups excluding tert-OH is 1. The molecule has 0 bridgehead atoms. The van der Waals surface area contributed by atoms with Crippen molar-refractivity contribution in [3.05, 3.63) is 29.3 Å². The van der Waals surface area contributed by atoms with E-state index in [-0.39, 0.29) is 18.7 Å². The standard InChI is InChI=1S/C20H30N2O3/c1-14-2-7-17(19(10-14)25-13-16-3-4-16)11-21-20(24)22-18-8-5-15(12-23)6-9-18/h2,7,10,15-16,18,23H,3-6,8-9,11-13H2,1H3,(H2,21,22,24). The van der Waals surface area contributed by atoms with E-state index in [4.69, 9.17) is 4.74 Å². The van der Waals surface area contributed by atoms with Crippen LogP contribution in [0.3, 0.4) is 0 Å². The van der Waals surface area contributed by atoms with Gasteiger partial charge in [-0.1, -0.05) is 12.1 Å². The Morgan fingerprint density at radius 3 is 2.56 bits per heavy atom. The number of amides is 2. The van der Waals surface area contributed by atoms with Crippen molar-refractivity contribution in [2.45, 2.75) is 58.0 Å². The summed E-state index contributed by atoms with van der Waals surface area (Å²) in [5.74, 6) is 1.99. The van der Waals surface area contributed by atoms with Crippen LogP contribution in [0.4, 0.5) is 4.79 Å². The first-order valence-corrected chi connectivity index (χ1v) is 9.51. The Bertz CT molecular complexity index is 578. The van der Waals surface area contributed by atoms with E-state index in [0.29, 0.717) is 18.4 Å². The zero-order valence-electron chi connectivity index (χ0n) is 15.1. The molecule has 0 saturated heterocycles. The minimum atomic E-state index is -0.124. The number of hydrogen-bond acceptors (Lipinski definition) is 3. The summed E-state index contributed by atoms with van der Waals surface area (Å²) >= 11 is 0. The van der Waals surface area contributed by atoms with E-state index >= 15 is 0 Å². The molecule has 2 aliphatic carbocycles. The molecule has 1 aromatic carbocycles. The Kier molecular flexibility index (Phi) is 6.19. The lowest BCUT2D eigenvalue weighted by Crippen LogP contribution is -2.43. The molecule has 0 atom stereocenters. The minimum absolute atomic E-state index is 0.124. The monoisotopic (exact) mass is 346 g/mol. The fraction of sp³-hybridized carbons (Fsp3) is 0.650. The highest BCUT2D eigenvalue weighted by Crippen LogP contribution is 2.30. The molecule has 2 fully saturated rings. The highest BCUT2D eigenvalue weighted by molar-refractivity contribution is 5.74. The maximum Gasteiger partial charge on any atom is 0.315 e. The third-order valence-corrected chi connectivity index (χ3v) is 5.27. The second-order valence-corrected chi connectivity index (χ2v) is 7.59. The quantitative estimate of drug-likeness (QED) is 0.710. The number of ether oxygens (including phenoxy) is 1. The highest BCUT2D eigenvalue weighted by Gasteiger charge is 2.23. The van der Waals surface area contributed by atoms with Gasteiger partial charge in [0.25, 0.3) is 0 Å². The van der Waals surface area contributed by atoms with Gasteiger partial charge in [0.2, 0.25) is 0 Å². The molecule has 2 amide bonds. The van der Waals surface area contributed by atoms with Gasteiger partial charge >= 0.3 is 6.03 Å². The summed E-state index contributed by atoms with van der Waals surface area (Å²) in [6.45, 7) is 3.56. The molecule has 1 aromatic rings. The molecule has 5 heteroatoms. The lowest BCUT2D eigenvalue weighted by Gasteiger charge is -2.28. The fourth-order valence-corrected chi connectivity index (χ4v) is 3.34. The molecule has 25 heavy (non-hydrogen) atoms. The number of hydrogen-bond donors (Lipinski definition) is 3. The van der Waals surface area contributed by atoms with Gasteiger partial charge in [-0.2, -0.15) is 0 Å². The first kappa shape index (κ1) is 18.1. The summed E-state index contributed by atoms with van der Waals surface area (Å²) < 4.78 is 5.95. The summed E-state index contributed by atoms with van der Waals surface area (Å²) in [5.41, 5.74) is 2.19. The average molecular weight is 346 g/mol. The van der Waals surface area contributed by atoms with Crippen LogP contribution in [-0.4, -0.2) is 30.4 Å². The molecule has 3 N–H and O–H groups in total. The number of aliphatic hydroxyl groups is 1. The van der Waals surface area contributed by atoms with Crippen LogP contribution >= 0.6 is 0 Å². The average Bonchev–Trinajstić information content (AvgIpc) is 3.44. The number of nitrogens with one attached hydrogen (secondary N) is 2. The smallest absolute Gasteiger partial charge is 0.315 e. The van der Waals surface area contributed by atoms with Crippen molar-refractivity contribution in [1.82, 2.24) is 10.6 Å². The molecule has 0 aliphatic heterocycles. The van der Waals surface area contributed by atoms with Gasteiger partial charge in [-0.05, 0) is 68.9 Å². The number of urea groups is 1. The van der Waals surface area contributed by atoms with Crippen LogP contribution in [0.25, 0.3) is 0 Å². The topological polar surface area (TPSA) is 70.6 Å². The summed E-state index contributed by atoms with van der Waals surface area (Å²) in [6, 6.07) is 6.22. The van der Waals surface area contributed by atoms with E-state index in [0.717, 1.165) is 43.6 Å². The van der Waals surface area contributed by atoms with Gasteiger partial charge in [0.1, 0.15) is 5.75 Å². The second-order valence-electron chi connectivity index (χ2n) is 7.59. The van der Waals surface area contributed by atoms with E-state index in [1.54, 1.807) is 0 Å². The van der Waals surface area contributed by atoms with Gasteiger partial charge in [0, 0.05) is 24.8 Å². The summed E-state index contributed by atoms with van der Waals surface area (Å²) in [5, 5.41) is 15.2. The SMILES string of the molecule is Cc1ccc(CNC(=O)NC2CCC(CO)CC2)c(OCC2CC2)c1. The number of rotatable bonds is 7. The molecule has 5 nitrogen and oxygen atoms in total. The Morgan fingerprint density at radius 1 is 1.16 bits per heavy atom. The molecule has 0 radical (unpaired) electrons. The molecule has 0 aromatic heterocycles. The van der Waals surface area contributed by atoms with Crippen molar-refractivity contribution in [3.8, 4) is 5.75 Å². The van der Waals surface area contributed by atoms with Crippen molar-refractivity contribution in [2.24, 2.45) is 11.8 Å². The Balaban J connectivity index is 1.46. The zero-order chi connectivity index (χ0) is 17.6. The minimum Gasteiger partial charge on any atom is -0.493 e. The van der Waals surface area contributed by atoms with Crippen molar-refractivity contribution >= 4 is 6.03 Å². The Morgan fingerprint density at radius 2 is 1.88 bits per heavy atom. The first-order chi connectivity index (χ1) is 12.1. The van der Waals surface area contributed by atoms with Crippen LogP contribution in [-0.2, 0) is 6.54 Å². The molecule has 138 valence electrons. The molecule has 2 saturated carbocycles. The van der Waals surface area contributed by atoms with Crippen LogP contribution in [0.15, 0.2) is 18.2 Å². The van der Waals surface area contributed by atoms with Crippen molar-refractivity contribution in [1.29, 1.82) is 0 Å². The lowest BCUT2D eigenvalue weighted by molar-refractivity contribution is 0.174. The van der Waals surface area contributed by atoms with Crippen LogP contribution in [0.2, 0.25) is 0 Å². The normalized spacial score (nSPS) is 23.1. The number of carbonyl (C=O) groups is 1. The second kappa shape index (κ2) is 8.56. The summed E-state index contributed by atoms with van der Waals surface area (Å²) in [4.78, 5) is 12.2. The van der Waals surface area contributed by atoms with Gasteiger partial charge in [-0.25, -0.2) is 4.79 Å². The van der Waals surface area contributed by atoms with Crippen molar-refractivity contribution < 1.29 is 14.6 Å². The van der Waals surface area contributed by atoms with E-state index in [9.17, 15) is 9.90 Å². The number of benzene rings is 1. The zero-order valence-corrected chi connectivity index (χ0v) is 15.1. The number of carbonyl (C=O) groups excluding carboxylic acids is 1. The van der Waals surface area contributed by atoms with Gasteiger partial charge in [-0.15, -0.1) is 0 Å². The summed E-state index contributed by atoms with van der Waals surface area (Å²) in [7, 11) is 0. The predicted molar refractivity (Wildman–Crippen MR) is 97.6 cm³/mol.